The molecule has 0 atom stereocenters. The third kappa shape index (κ3) is 5.12. The lowest BCUT2D eigenvalue weighted by molar-refractivity contribution is 0.101. The molecule has 0 unspecified atom stereocenters. The topological polar surface area (TPSA) is 51.2 Å². The molecule has 0 aliphatic carbocycles. The fourth-order valence-corrected chi connectivity index (χ4v) is 3.90. The Morgan fingerprint density at radius 3 is 1.87 bits per heavy atom. The van der Waals surface area contributed by atoms with E-state index < -0.39 is 0 Å². The Balaban J connectivity index is 1.62. The van der Waals surface area contributed by atoms with Crippen molar-refractivity contribution in [1.82, 2.24) is 9.80 Å². The van der Waals surface area contributed by atoms with Crippen molar-refractivity contribution in [2.24, 2.45) is 0 Å². The Morgan fingerprint density at radius 1 is 0.800 bits per heavy atom. The van der Waals surface area contributed by atoms with Crippen molar-refractivity contribution in [3.8, 4) is 17.2 Å². The normalized spacial score (nSPS) is 15.1. The maximum Gasteiger partial charge on any atom is 0.161 e. The minimum absolute atomic E-state index is 0.0778. The van der Waals surface area contributed by atoms with E-state index in [-0.39, 0.29) is 5.78 Å². The third-order valence-corrected chi connectivity index (χ3v) is 5.78. The van der Waals surface area contributed by atoms with E-state index in [1.54, 1.807) is 28.3 Å². The number of hydrogen-bond acceptors (Lipinski definition) is 6. The quantitative estimate of drug-likeness (QED) is 0.618. The largest absolute Gasteiger partial charge is 0.496 e. The molecule has 0 N–H and O–H groups in total. The summed E-state index contributed by atoms with van der Waals surface area (Å²) in [5, 5.41) is 0. The summed E-state index contributed by atoms with van der Waals surface area (Å²) < 4.78 is 16.4. The predicted octanol–water partition coefficient (Wildman–Crippen LogP) is 3.54. The number of carbonyl (C=O) groups is 1. The first-order valence-corrected chi connectivity index (χ1v) is 10.3. The van der Waals surface area contributed by atoms with E-state index in [2.05, 4.69) is 22.8 Å². The van der Waals surface area contributed by atoms with Gasteiger partial charge in [0.05, 0.1) is 21.3 Å². The molecular weight excluding hydrogens is 380 g/mol. The number of rotatable bonds is 8. The molecule has 0 spiro atoms. The molecule has 1 heterocycles. The molecule has 1 saturated heterocycles. The Bertz CT molecular complexity index is 889. The maximum absolute atomic E-state index is 11.7. The van der Waals surface area contributed by atoms with E-state index in [4.69, 9.17) is 14.2 Å². The first-order chi connectivity index (χ1) is 14.4. The van der Waals surface area contributed by atoms with Crippen LogP contribution in [0.2, 0.25) is 0 Å². The minimum atomic E-state index is 0.0778. The molecule has 3 rings (SSSR count). The Morgan fingerprint density at radius 2 is 1.33 bits per heavy atom. The molecule has 0 radical (unpaired) electrons. The van der Waals surface area contributed by atoms with Gasteiger partial charge in [-0.25, -0.2) is 0 Å². The Kier molecular flexibility index (Phi) is 7.34. The van der Waals surface area contributed by atoms with Crippen molar-refractivity contribution in [1.29, 1.82) is 0 Å². The number of piperazine rings is 1. The van der Waals surface area contributed by atoms with E-state index in [1.165, 1.54) is 11.1 Å². The van der Waals surface area contributed by atoms with Crippen LogP contribution >= 0.6 is 0 Å². The number of ether oxygens (including phenoxy) is 3. The lowest BCUT2D eigenvalue weighted by Crippen LogP contribution is -2.45. The fraction of sp³-hybridized carbons (Fsp3) is 0.458. The van der Waals surface area contributed by atoms with Crippen molar-refractivity contribution in [2.75, 3.05) is 47.5 Å². The van der Waals surface area contributed by atoms with Gasteiger partial charge in [-0.3, -0.25) is 14.6 Å². The highest BCUT2D eigenvalue weighted by atomic mass is 16.5. The molecule has 0 bridgehead atoms. The van der Waals surface area contributed by atoms with Crippen LogP contribution in [0.15, 0.2) is 30.3 Å². The van der Waals surface area contributed by atoms with Crippen molar-refractivity contribution in [3.63, 3.8) is 0 Å². The van der Waals surface area contributed by atoms with Crippen LogP contribution in [0.3, 0.4) is 0 Å². The van der Waals surface area contributed by atoms with Crippen LogP contribution < -0.4 is 14.2 Å². The molecule has 0 aromatic heterocycles. The monoisotopic (exact) mass is 412 g/mol. The van der Waals surface area contributed by atoms with Gasteiger partial charge in [0, 0.05) is 50.4 Å². The van der Waals surface area contributed by atoms with Gasteiger partial charge in [-0.15, -0.1) is 0 Å². The highest BCUT2D eigenvalue weighted by Gasteiger charge is 2.20. The van der Waals surface area contributed by atoms with E-state index in [9.17, 15) is 4.79 Å². The molecule has 1 aliphatic heterocycles. The van der Waals surface area contributed by atoms with Gasteiger partial charge < -0.3 is 14.2 Å². The third-order valence-electron chi connectivity index (χ3n) is 5.78. The molecule has 6 nitrogen and oxygen atoms in total. The van der Waals surface area contributed by atoms with Crippen molar-refractivity contribution >= 4 is 5.78 Å². The van der Waals surface area contributed by atoms with Crippen LogP contribution in [0, 0.1) is 6.92 Å². The molecule has 6 heteroatoms. The number of carbonyl (C=O) groups excluding carboxylic acids is 1. The zero-order valence-electron chi connectivity index (χ0n) is 18.7. The number of Topliss-reactive ketones (excluding diaryl/α,β-unsaturated/α-hetero) is 1. The standard InChI is InChI=1S/C24H32N2O4/c1-17-12-23(29-4)24(30-5)14-20(17)15-25-8-10-26(11-9-25)16-21-13-19(18(2)27)6-7-22(21)28-3/h6-7,12-14H,8-11,15-16H2,1-5H3. The number of methoxy groups -OCH3 is 3. The molecule has 1 aliphatic rings. The molecule has 2 aromatic carbocycles. The number of benzene rings is 2. The van der Waals surface area contributed by atoms with Crippen molar-refractivity contribution in [2.45, 2.75) is 26.9 Å². The number of ketones is 1. The van der Waals surface area contributed by atoms with Crippen LogP contribution in [-0.2, 0) is 13.1 Å². The smallest absolute Gasteiger partial charge is 0.161 e. The average Bonchev–Trinajstić information content (AvgIpc) is 2.76. The summed E-state index contributed by atoms with van der Waals surface area (Å²) in [6.45, 7) is 9.31. The number of aryl methyl sites for hydroxylation is 1. The lowest BCUT2D eigenvalue weighted by atomic mass is 10.1. The first-order valence-electron chi connectivity index (χ1n) is 10.3. The maximum atomic E-state index is 11.7. The molecule has 162 valence electrons. The van der Waals surface area contributed by atoms with E-state index in [0.717, 1.165) is 67.6 Å². The Hall–Kier alpha value is -2.57. The summed E-state index contributed by atoms with van der Waals surface area (Å²) in [7, 11) is 5.01. The highest BCUT2D eigenvalue weighted by molar-refractivity contribution is 5.94. The van der Waals surface area contributed by atoms with E-state index in [0.29, 0.717) is 0 Å². The SMILES string of the molecule is COc1ccc(C(C)=O)cc1CN1CCN(Cc2cc(OC)c(OC)cc2C)CC1. The summed E-state index contributed by atoms with van der Waals surface area (Å²) in [5.41, 5.74) is 4.26. The summed E-state index contributed by atoms with van der Waals surface area (Å²) in [4.78, 5) is 16.6. The van der Waals surface area contributed by atoms with Gasteiger partial charge in [0.2, 0.25) is 0 Å². The first kappa shape index (κ1) is 22.1. The zero-order chi connectivity index (χ0) is 21.7. The molecule has 1 fully saturated rings. The van der Waals surface area contributed by atoms with Gasteiger partial charge in [0.15, 0.2) is 17.3 Å². The fourth-order valence-electron chi connectivity index (χ4n) is 3.90. The van der Waals surface area contributed by atoms with Gasteiger partial charge in [-0.1, -0.05) is 0 Å². The van der Waals surface area contributed by atoms with Crippen LogP contribution in [-0.4, -0.2) is 63.1 Å². The molecule has 0 saturated carbocycles. The van der Waals surface area contributed by atoms with Crippen molar-refractivity contribution < 1.29 is 19.0 Å². The van der Waals surface area contributed by atoms with E-state index in [1.807, 2.05) is 24.3 Å². The average molecular weight is 413 g/mol. The second-order valence-electron chi connectivity index (χ2n) is 7.77. The van der Waals surface area contributed by atoms with Gasteiger partial charge >= 0.3 is 0 Å². The summed E-state index contributed by atoms with van der Waals surface area (Å²) in [6.07, 6.45) is 0. The van der Waals surface area contributed by atoms with Gasteiger partial charge in [-0.2, -0.15) is 0 Å². The highest BCUT2D eigenvalue weighted by Crippen LogP contribution is 2.31. The van der Waals surface area contributed by atoms with Gasteiger partial charge in [0.1, 0.15) is 5.75 Å². The van der Waals surface area contributed by atoms with Crippen LogP contribution in [0.4, 0.5) is 0 Å². The zero-order valence-corrected chi connectivity index (χ0v) is 18.7. The summed E-state index contributed by atoms with van der Waals surface area (Å²) in [5.74, 6) is 2.46. The lowest BCUT2D eigenvalue weighted by Gasteiger charge is -2.35. The van der Waals surface area contributed by atoms with Crippen molar-refractivity contribution in [3.05, 3.63) is 52.6 Å². The van der Waals surface area contributed by atoms with Crippen LogP contribution in [0.25, 0.3) is 0 Å². The second kappa shape index (κ2) is 9.96. The van der Waals surface area contributed by atoms with Gasteiger partial charge in [0.25, 0.3) is 0 Å². The van der Waals surface area contributed by atoms with E-state index >= 15 is 0 Å². The summed E-state index contributed by atoms with van der Waals surface area (Å²) in [6, 6.07) is 9.80. The Labute approximate surface area is 179 Å². The minimum Gasteiger partial charge on any atom is -0.496 e. The molecule has 2 aromatic rings. The van der Waals surface area contributed by atoms with Crippen LogP contribution in [0.5, 0.6) is 17.2 Å². The molecular formula is C24H32N2O4. The van der Waals surface area contributed by atoms with Crippen LogP contribution in [0.1, 0.15) is 34.0 Å². The second-order valence-corrected chi connectivity index (χ2v) is 7.77. The molecule has 30 heavy (non-hydrogen) atoms. The summed E-state index contributed by atoms with van der Waals surface area (Å²) >= 11 is 0. The molecule has 0 amide bonds. The number of nitrogens with zero attached hydrogens (tertiary/aromatic N) is 2. The predicted molar refractivity (Wildman–Crippen MR) is 118 cm³/mol. The number of hydrogen-bond donors (Lipinski definition) is 0. The van der Waals surface area contributed by atoms with Gasteiger partial charge in [-0.05, 0) is 55.3 Å².